The minimum atomic E-state index is -5.08. The third-order valence-corrected chi connectivity index (χ3v) is 5.43. The van der Waals surface area contributed by atoms with E-state index in [2.05, 4.69) is 9.97 Å². The van der Waals surface area contributed by atoms with Gasteiger partial charge in [-0.25, -0.2) is 13.6 Å². The number of carboxylic acids is 1. The number of anilines is 1. The molecule has 4 aromatic rings. The molecule has 0 spiro atoms. The van der Waals surface area contributed by atoms with Gasteiger partial charge in [0.05, 0.1) is 17.6 Å². The number of carboxylic acid groups (broad SMARTS) is 1. The van der Waals surface area contributed by atoms with Crippen LogP contribution in [0.25, 0.3) is 10.9 Å². The number of carbonyl (C=O) groups excluding carboxylic acids is 1. The van der Waals surface area contributed by atoms with Crippen LogP contribution in [0.3, 0.4) is 0 Å². The van der Waals surface area contributed by atoms with E-state index >= 15 is 0 Å². The number of fused-ring (bicyclic) bond motifs is 1. The molecule has 0 bridgehead atoms. The normalized spacial score (nSPS) is 11.0. The van der Waals surface area contributed by atoms with Crippen molar-refractivity contribution in [1.29, 1.82) is 0 Å². The molecule has 0 aliphatic heterocycles. The number of benzene rings is 2. The lowest BCUT2D eigenvalue weighted by Crippen LogP contribution is -2.31. The summed E-state index contributed by atoms with van der Waals surface area (Å²) in [5.74, 6) is -5.36. The van der Waals surface area contributed by atoms with Crippen LogP contribution in [0.5, 0.6) is 0 Å². The Morgan fingerprint density at radius 2 is 1.79 bits per heavy atom. The lowest BCUT2D eigenvalue weighted by atomic mass is 10.1. The topological polar surface area (TPSA) is 103 Å². The minimum Gasteiger partial charge on any atom is -0.475 e. The van der Waals surface area contributed by atoms with Crippen LogP contribution >= 0.6 is 11.6 Å². The molecule has 0 fully saturated rings. The number of hydrogen-bond acceptors (Lipinski definition) is 4. The van der Waals surface area contributed by atoms with Crippen LogP contribution in [0.2, 0.25) is 5.02 Å². The second kappa shape index (κ2) is 11.4. The van der Waals surface area contributed by atoms with Crippen LogP contribution in [0, 0.1) is 18.6 Å². The number of aryl methyl sites for hydroxylation is 1. The van der Waals surface area contributed by atoms with Crippen molar-refractivity contribution in [2.45, 2.75) is 19.6 Å². The van der Waals surface area contributed by atoms with E-state index in [1.807, 2.05) is 0 Å². The molecule has 4 rings (SSSR count). The number of rotatable bonds is 4. The highest BCUT2D eigenvalue weighted by Gasteiger charge is 2.38. The Bertz CT molecular complexity index is 1570. The summed E-state index contributed by atoms with van der Waals surface area (Å²) in [6.07, 6.45) is -2.04. The van der Waals surface area contributed by atoms with Gasteiger partial charge < -0.3 is 15.0 Å². The number of alkyl halides is 3. The number of amides is 1. The van der Waals surface area contributed by atoms with Gasteiger partial charge in [0.2, 0.25) is 5.56 Å². The van der Waals surface area contributed by atoms with Crippen molar-refractivity contribution >= 4 is 40.1 Å². The van der Waals surface area contributed by atoms with Crippen molar-refractivity contribution in [3.05, 3.63) is 105 Å². The lowest BCUT2D eigenvalue weighted by Gasteiger charge is -2.24. The molecule has 0 radical (unpaired) electrons. The second-order valence-electron chi connectivity index (χ2n) is 7.81. The predicted octanol–water partition coefficient (Wildman–Crippen LogP) is 5.64. The number of aromatic nitrogens is 2. The highest BCUT2D eigenvalue weighted by atomic mass is 35.5. The Hall–Kier alpha value is -4.32. The molecule has 13 heteroatoms. The molecule has 0 saturated heterocycles. The first kappa shape index (κ1) is 28.3. The molecular formula is C25H17ClF5N3O4. The molecule has 198 valence electrons. The van der Waals surface area contributed by atoms with E-state index < -0.39 is 29.3 Å². The van der Waals surface area contributed by atoms with Crippen LogP contribution in [-0.2, 0) is 11.3 Å². The average Bonchev–Trinajstić information content (AvgIpc) is 2.84. The summed E-state index contributed by atoms with van der Waals surface area (Å²) in [5, 5.41) is 7.84. The Morgan fingerprint density at radius 1 is 1.11 bits per heavy atom. The van der Waals surface area contributed by atoms with Gasteiger partial charge in [0.1, 0.15) is 0 Å². The molecule has 1 amide bonds. The van der Waals surface area contributed by atoms with E-state index in [4.69, 9.17) is 21.5 Å². The summed E-state index contributed by atoms with van der Waals surface area (Å²) in [6.45, 7) is 1.71. The number of nitrogens with one attached hydrogen (secondary N) is 1. The Morgan fingerprint density at radius 3 is 2.39 bits per heavy atom. The number of carbonyl (C=O) groups is 2. The predicted molar refractivity (Wildman–Crippen MR) is 129 cm³/mol. The summed E-state index contributed by atoms with van der Waals surface area (Å²) in [5.41, 5.74) is 1.07. The molecular weight excluding hydrogens is 537 g/mol. The van der Waals surface area contributed by atoms with Crippen LogP contribution in [0.1, 0.15) is 21.5 Å². The number of H-pyrrole nitrogens is 1. The number of nitrogens with zero attached hydrogens (tertiary/aromatic N) is 2. The van der Waals surface area contributed by atoms with Gasteiger partial charge in [-0.3, -0.25) is 14.6 Å². The smallest absolute Gasteiger partial charge is 0.475 e. The maximum atomic E-state index is 14.3. The van der Waals surface area contributed by atoms with E-state index in [-0.39, 0.29) is 18.0 Å². The molecule has 7 nitrogen and oxygen atoms in total. The molecule has 2 heterocycles. The molecule has 0 atom stereocenters. The fourth-order valence-corrected chi connectivity index (χ4v) is 3.58. The van der Waals surface area contributed by atoms with Crippen LogP contribution in [-0.4, -0.2) is 33.1 Å². The van der Waals surface area contributed by atoms with E-state index in [1.54, 1.807) is 43.5 Å². The third-order valence-electron chi connectivity index (χ3n) is 5.20. The van der Waals surface area contributed by atoms with Gasteiger partial charge in [0, 0.05) is 34.6 Å². The van der Waals surface area contributed by atoms with Crippen molar-refractivity contribution < 1.29 is 36.6 Å². The fraction of sp³-hybridized carbons (Fsp3) is 0.120. The first-order valence-corrected chi connectivity index (χ1v) is 11.0. The number of aliphatic carboxylic acids is 1. The molecule has 2 aromatic heterocycles. The fourth-order valence-electron chi connectivity index (χ4n) is 3.39. The van der Waals surface area contributed by atoms with E-state index in [9.17, 15) is 31.5 Å². The second-order valence-corrected chi connectivity index (χ2v) is 8.24. The zero-order valence-electron chi connectivity index (χ0n) is 19.3. The van der Waals surface area contributed by atoms with Gasteiger partial charge >= 0.3 is 12.1 Å². The van der Waals surface area contributed by atoms with Crippen LogP contribution < -0.4 is 10.5 Å². The summed E-state index contributed by atoms with van der Waals surface area (Å²) >= 11 is 6.14. The zero-order valence-corrected chi connectivity index (χ0v) is 20.1. The molecule has 0 aliphatic rings. The molecule has 2 aromatic carbocycles. The van der Waals surface area contributed by atoms with E-state index in [1.165, 1.54) is 23.2 Å². The summed E-state index contributed by atoms with van der Waals surface area (Å²) in [7, 11) is 0. The van der Waals surface area contributed by atoms with Gasteiger partial charge in [0.25, 0.3) is 5.91 Å². The first-order chi connectivity index (χ1) is 17.8. The van der Waals surface area contributed by atoms with Crippen molar-refractivity contribution in [2.24, 2.45) is 0 Å². The quantitative estimate of drug-likeness (QED) is 0.318. The largest absolute Gasteiger partial charge is 0.490 e. The van der Waals surface area contributed by atoms with Crippen molar-refractivity contribution in [2.75, 3.05) is 4.90 Å². The first-order valence-electron chi connectivity index (χ1n) is 10.6. The summed E-state index contributed by atoms with van der Waals surface area (Å²) in [6, 6.07) is 12.0. The van der Waals surface area contributed by atoms with Gasteiger partial charge in [-0.15, -0.1) is 0 Å². The standard InChI is InChI=1S/C23H16ClF2N3O2.C2HF3O2/c1-13-7-8-27-11-18(13)23(31)29(16-4-2-3-15(24)10-16)12-14-9-20(30)28-22-17(14)5-6-19(25)21(22)26;3-2(4,5)1(6)7/h2-11H,12H2,1H3,(H,28,30);(H,6,7). The number of hydrogen-bond donors (Lipinski definition) is 2. The minimum absolute atomic E-state index is 0.0704. The summed E-state index contributed by atoms with van der Waals surface area (Å²) in [4.78, 5) is 42.3. The van der Waals surface area contributed by atoms with E-state index in [0.717, 1.165) is 11.6 Å². The Balaban J connectivity index is 0.000000505. The van der Waals surface area contributed by atoms with Gasteiger partial charge in [-0.2, -0.15) is 13.2 Å². The highest BCUT2D eigenvalue weighted by Crippen LogP contribution is 2.27. The Labute approximate surface area is 216 Å². The third kappa shape index (κ3) is 6.51. The van der Waals surface area contributed by atoms with Crippen molar-refractivity contribution in [1.82, 2.24) is 9.97 Å². The molecule has 0 aliphatic carbocycles. The average molecular weight is 554 g/mol. The van der Waals surface area contributed by atoms with Crippen molar-refractivity contribution in [3.63, 3.8) is 0 Å². The Kier molecular flexibility index (Phi) is 8.46. The van der Waals surface area contributed by atoms with Gasteiger partial charge in [-0.05, 0) is 54.4 Å². The van der Waals surface area contributed by atoms with E-state index in [0.29, 0.717) is 27.2 Å². The molecule has 0 saturated carbocycles. The maximum absolute atomic E-state index is 14.3. The number of pyridine rings is 2. The molecule has 0 unspecified atom stereocenters. The van der Waals surface area contributed by atoms with Gasteiger partial charge in [-0.1, -0.05) is 17.7 Å². The molecule has 38 heavy (non-hydrogen) atoms. The SMILES string of the molecule is Cc1ccncc1C(=O)N(Cc1cc(=O)[nH]c2c(F)c(F)ccc12)c1cccc(Cl)c1.O=C(O)C(F)(F)F. The van der Waals surface area contributed by atoms with Crippen LogP contribution in [0.4, 0.5) is 27.6 Å². The monoisotopic (exact) mass is 553 g/mol. The number of halogens is 6. The maximum Gasteiger partial charge on any atom is 0.490 e. The van der Waals surface area contributed by atoms with Gasteiger partial charge in [0.15, 0.2) is 11.6 Å². The molecule has 2 N–H and O–H groups in total. The highest BCUT2D eigenvalue weighted by molar-refractivity contribution is 6.31. The lowest BCUT2D eigenvalue weighted by molar-refractivity contribution is -0.192. The zero-order chi connectivity index (χ0) is 28.2. The number of aromatic amines is 1. The summed E-state index contributed by atoms with van der Waals surface area (Å²) < 4.78 is 59.7. The van der Waals surface area contributed by atoms with Crippen molar-refractivity contribution in [3.8, 4) is 0 Å². The van der Waals surface area contributed by atoms with Crippen LogP contribution in [0.15, 0.2) is 65.7 Å².